The van der Waals surface area contributed by atoms with E-state index in [0.29, 0.717) is 16.6 Å². The van der Waals surface area contributed by atoms with Gasteiger partial charge in [0, 0.05) is 16.6 Å². The van der Waals surface area contributed by atoms with Gasteiger partial charge in [0.25, 0.3) is 0 Å². The van der Waals surface area contributed by atoms with Crippen LogP contribution in [0, 0.1) is 0 Å². The lowest BCUT2D eigenvalue weighted by molar-refractivity contribution is 0.220. The maximum absolute atomic E-state index is 11.4. The molecule has 1 aromatic rings. The quantitative estimate of drug-likeness (QED) is 0.790. The fourth-order valence-electron chi connectivity index (χ4n) is 1.16. The van der Waals surface area contributed by atoms with Gasteiger partial charge in [-0.15, -0.1) is 0 Å². The summed E-state index contributed by atoms with van der Waals surface area (Å²) in [5.41, 5.74) is 0.780. The molecular weight excluding hydrogens is 263 g/mol. The minimum atomic E-state index is -0.349. The second-order valence-electron chi connectivity index (χ2n) is 3.65. The van der Waals surface area contributed by atoms with Gasteiger partial charge in [0.1, 0.15) is 0 Å². The number of aliphatic hydroxyl groups is 1. The summed E-state index contributed by atoms with van der Waals surface area (Å²) >= 11 is 11.7. The lowest BCUT2D eigenvalue weighted by Crippen LogP contribution is -2.41. The zero-order chi connectivity index (χ0) is 12.8. The summed E-state index contributed by atoms with van der Waals surface area (Å²) in [6.07, 6.45) is 0. The number of urea groups is 1. The summed E-state index contributed by atoms with van der Waals surface area (Å²) in [7, 11) is 0. The van der Waals surface area contributed by atoms with Gasteiger partial charge in [0.2, 0.25) is 0 Å². The fourth-order valence-corrected chi connectivity index (χ4v) is 1.64. The highest BCUT2D eigenvalue weighted by molar-refractivity contribution is 6.35. The van der Waals surface area contributed by atoms with E-state index in [2.05, 4.69) is 10.6 Å². The van der Waals surface area contributed by atoms with E-state index in [9.17, 15) is 4.79 Å². The minimum Gasteiger partial charge on any atom is -0.394 e. The first kappa shape index (κ1) is 14.1. The molecule has 0 aliphatic rings. The first-order chi connectivity index (χ1) is 8.02. The highest BCUT2D eigenvalue weighted by Crippen LogP contribution is 2.20. The molecule has 94 valence electrons. The topological polar surface area (TPSA) is 61.4 Å². The Hall–Kier alpha value is -0.970. The van der Waals surface area contributed by atoms with Crippen LogP contribution in [0.15, 0.2) is 18.2 Å². The van der Waals surface area contributed by atoms with Crippen LogP contribution in [-0.2, 0) is 6.54 Å². The second kappa shape index (κ2) is 6.69. The molecule has 0 saturated carbocycles. The van der Waals surface area contributed by atoms with E-state index >= 15 is 0 Å². The molecule has 0 bridgehead atoms. The molecule has 0 aromatic heterocycles. The number of aliphatic hydroxyl groups excluding tert-OH is 1. The van der Waals surface area contributed by atoms with Crippen molar-refractivity contribution in [1.29, 1.82) is 0 Å². The van der Waals surface area contributed by atoms with E-state index < -0.39 is 0 Å². The first-order valence-corrected chi connectivity index (χ1v) is 5.87. The van der Waals surface area contributed by atoms with Crippen molar-refractivity contribution in [1.82, 2.24) is 10.6 Å². The minimum absolute atomic E-state index is 0.102. The normalized spacial score (nSPS) is 12.0. The van der Waals surface area contributed by atoms with E-state index in [-0.39, 0.29) is 18.7 Å². The van der Waals surface area contributed by atoms with Crippen molar-refractivity contribution in [3.63, 3.8) is 0 Å². The molecule has 1 atom stereocenters. The number of nitrogens with one attached hydrogen (secondary N) is 2. The van der Waals surface area contributed by atoms with Crippen molar-refractivity contribution in [3.05, 3.63) is 33.8 Å². The lowest BCUT2D eigenvalue weighted by Gasteiger charge is -2.12. The van der Waals surface area contributed by atoms with Gasteiger partial charge in [-0.2, -0.15) is 0 Å². The van der Waals surface area contributed by atoms with Crippen LogP contribution in [0.4, 0.5) is 4.79 Å². The molecule has 6 heteroatoms. The number of carbonyl (C=O) groups excluding carboxylic acids is 1. The van der Waals surface area contributed by atoms with Crippen LogP contribution in [0.2, 0.25) is 10.0 Å². The number of halogens is 2. The van der Waals surface area contributed by atoms with Crippen LogP contribution in [0.25, 0.3) is 0 Å². The highest BCUT2D eigenvalue weighted by Gasteiger charge is 2.06. The third kappa shape index (κ3) is 4.81. The van der Waals surface area contributed by atoms with E-state index in [0.717, 1.165) is 5.56 Å². The van der Waals surface area contributed by atoms with E-state index in [1.165, 1.54) is 0 Å². The largest absolute Gasteiger partial charge is 0.394 e. The fraction of sp³-hybridized carbons (Fsp3) is 0.364. The van der Waals surface area contributed by atoms with Crippen LogP contribution in [0.1, 0.15) is 12.5 Å². The Bertz CT molecular complexity index is 399. The molecule has 17 heavy (non-hydrogen) atoms. The van der Waals surface area contributed by atoms with E-state index in [4.69, 9.17) is 28.3 Å². The van der Waals surface area contributed by atoms with Gasteiger partial charge in [-0.3, -0.25) is 0 Å². The molecule has 0 aliphatic heterocycles. The number of benzene rings is 1. The van der Waals surface area contributed by atoms with Gasteiger partial charge >= 0.3 is 6.03 Å². The smallest absolute Gasteiger partial charge is 0.315 e. The van der Waals surface area contributed by atoms with Crippen molar-refractivity contribution in [2.24, 2.45) is 0 Å². The summed E-state index contributed by atoms with van der Waals surface area (Å²) in [5, 5.41) is 15.0. The standard InChI is InChI=1S/C11H14Cl2N2O2/c1-7(6-16)15-11(17)14-5-8-2-3-9(12)4-10(8)13/h2-4,7,16H,5-6H2,1H3,(H2,14,15,17). The van der Waals surface area contributed by atoms with Crippen LogP contribution >= 0.6 is 23.2 Å². The molecular formula is C11H14Cl2N2O2. The Morgan fingerprint density at radius 1 is 1.47 bits per heavy atom. The zero-order valence-corrected chi connectivity index (χ0v) is 10.8. The van der Waals surface area contributed by atoms with E-state index in [1.54, 1.807) is 25.1 Å². The molecule has 2 amide bonds. The SMILES string of the molecule is CC(CO)NC(=O)NCc1ccc(Cl)cc1Cl. The molecule has 0 radical (unpaired) electrons. The van der Waals surface area contributed by atoms with Crippen LogP contribution in [-0.4, -0.2) is 23.8 Å². The van der Waals surface area contributed by atoms with Gasteiger partial charge in [0.05, 0.1) is 12.6 Å². The van der Waals surface area contributed by atoms with Crippen molar-refractivity contribution in [2.45, 2.75) is 19.5 Å². The van der Waals surface area contributed by atoms with Gasteiger partial charge in [-0.05, 0) is 24.6 Å². The lowest BCUT2D eigenvalue weighted by atomic mass is 10.2. The molecule has 3 N–H and O–H groups in total. The number of carbonyl (C=O) groups is 1. The molecule has 1 aromatic carbocycles. The maximum atomic E-state index is 11.4. The Balaban J connectivity index is 2.47. The molecule has 0 fully saturated rings. The molecule has 4 nitrogen and oxygen atoms in total. The zero-order valence-electron chi connectivity index (χ0n) is 9.34. The summed E-state index contributed by atoms with van der Waals surface area (Å²) in [6, 6.07) is 4.45. The highest BCUT2D eigenvalue weighted by atomic mass is 35.5. The number of amides is 2. The average molecular weight is 277 g/mol. The van der Waals surface area contributed by atoms with Crippen molar-refractivity contribution in [2.75, 3.05) is 6.61 Å². The summed E-state index contributed by atoms with van der Waals surface area (Å²) in [4.78, 5) is 11.4. The van der Waals surface area contributed by atoms with Crippen LogP contribution in [0.3, 0.4) is 0 Å². The second-order valence-corrected chi connectivity index (χ2v) is 4.49. The van der Waals surface area contributed by atoms with E-state index in [1.807, 2.05) is 0 Å². The number of hydrogen-bond acceptors (Lipinski definition) is 2. The molecule has 1 rings (SSSR count). The van der Waals surface area contributed by atoms with Crippen LogP contribution in [0.5, 0.6) is 0 Å². The average Bonchev–Trinajstić information content (AvgIpc) is 2.27. The van der Waals surface area contributed by atoms with Gasteiger partial charge in [0.15, 0.2) is 0 Å². The van der Waals surface area contributed by atoms with Gasteiger partial charge < -0.3 is 15.7 Å². The molecule has 1 unspecified atom stereocenters. The number of rotatable bonds is 4. The van der Waals surface area contributed by atoms with Crippen molar-refractivity contribution < 1.29 is 9.90 Å². The summed E-state index contributed by atoms with van der Waals surface area (Å²) < 4.78 is 0. The molecule has 0 saturated heterocycles. The predicted molar refractivity (Wildman–Crippen MR) is 68.4 cm³/mol. The monoisotopic (exact) mass is 276 g/mol. The van der Waals surface area contributed by atoms with Gasteiger partial charge in [-0.1, -0.05) is 29.3 Å². The summed E-state index contributed by atoms with van der Waals surface area (Å²) in [5.74, 6) is 0. The van der Waals surface area contributed by atoms with Crippen molar-refractivity contribution in [3.8, 4) is 0 Å². The van der Waals surface area contributed by atoms with Crippen LogP contribution < -0.4 is 10.6 Å². The Kier molecular flexibility index (Phi) is 5.55. The third-order valence-electron chi connectivity index (χ3n) is 2.11. The molecule has 0 heterocycles. The molecule has 0 spiro atoms. The molecule has 0 aliphatic carbocycles. The number of hydrogen-bond donors (Lipinski definition) is 3. The Morgan fingerprint density at radius 2 is 2.18 bits per heavy atom. The third-order valence-corrected chi connectivity index (χ3v) is 2.69. The Labute approximate surface area is 110 Å². The summed E-state index contributed by atoms with van der Waals surface area (Å²) in [6.45, 7) is 1.91. The van der Waals surface area contributed by atoms with Gasteiger partial charge in [-0.25, -0.2) is 4.79 Å². The maximum Gasteiger partial charge on any atom is 0.315 e. The predicted octanol–water partition coefficient (Wildman–Crippen LogP) is 2.17. The Morgan fingerprint density at radius 3 is 2.76 bits per heavy atom. The first-order valence-electron chi connectivity index (χ1n) is 5.12. The van der Waals surface area contributed by atoms with Crippen molar-refractivity contribution >= 4 is 29.2 Å².